The number of pyridine rings is 2. The Hall–Kier alpha value is -0.933. The standard InChI is InChI=1S/C14H19ClN2Si/c1-14(2,3)18(4,5)12-6-7-16-11-8-10(15)9-17-13(11)12/h6-9H,1-5H3. The van der Waals surface area contributed by atoms with E-state index in [1.165, 1.54) is 5.19 Å². The summed E-state index contributed by atoms with van der Waals surface area (Å²) in [7, 11) is -1.61. The third kappa shape index (κ3) is 2.17. The van der Waals surface area contributed by atoms with E-state index < -0.39 is 8.07 Å². The van der Waals surface area contributed by atoms with Gasteiger partial charge in [0, 0.05) is 12.4 Å². The number of aromatic nitrogens is 2. The quantitative estimate of drug-likeness (QED) is 0.737. The van der Waals surface area contributed by atoms with Gasteiger partial charge >= 0.3 is 0 Å². The van der Waals surface area contributed by atoms with Crippen LogP contribution < -0.4 is 5.19 Å². The van der Waals surface area contributed by atoms with Gasteiger partial charge in [-0.1, -0.05) is 45.5 Å². The summed E-state index contributed by atoms with van der Waals surface area (Å²) in [4.78, 5) is 8.87. The Kier molecular flexibility index (Phi) is 3.24. The summed E-state index contributed by atoms with van der Waals surface area (Å²) in [6, 6.07) is 4.02. The van der Waals surface area contributed by atoms with Crippen molar-refractivity contribution in [2.45, 2.75) is 38.9 Å². The Balaban J connectivity index is 2.73. The summed E-state index contributed by atoms with van der Waals surface area (Å²) >= 11 is 5.98. The fourth-order valence-electron chi connectivity index (χ4n) is 1.91. The van der Waals surface area contributed by atoms with Gasteiger partial charge in [0.15, 0.2) is 0 Å². The van der Waals surface area contributed by atoms with Crippen LogP contribution in [0.15, 0.2) is 24.5 Å². The smallest absolute Gasteiger partial charge is 0.0900 e. The lowest BCUT2D eigenvalue weighted by atomic mass is 10.2. The van der Waals surface area contributed by atoms with Crippen LogP contribution in [0.25, 0.3) is 11.0 Å². The highest BCUT2D eigenvalue weighted by Gasteiger charge is 2.38. The maximum atomic E-state index is 5.98. The molecule has 0 saturated heterocycles. The summed E-state index contributed by atoms with van der Waals surface area (Å²) in [5, 5.41) is 2.28. The third-order valence-electron chi connectivity index (χ3n) is 4.09. The first-order valence-electron chi connectivity index (χ1n) is 6.14. The first-order valence-corrected chi connectivity index (χ1v) is 9.52. The van der Waals surface area contributed by atoms with Crippen LogP contribution in [-0.4, -0.2) is 18.0 Å². The average Bonchev–Trinajstić information content (AvgIpc) is 2.26. The van der Waals surface area contributed by atoms with Crippen LogP contribution in [0.3, 0.4) is 0 Å². The van der Waals surface area contributed by atoms with Gasteiger partial charge in [-0.2, -0.15) is 0 Å². The van der Waals surface area contributed by atoms with E-state index in [-0.39, 0.29) is 5.04 Å². The van der Waals surface area contributed by atoms with Gasteiger partial charge in [0.05, 0.1) is 24.1 Å². The predicted octanol–water partition coefficient (Wildman–Crippen LogP) is 4.00. The van der Waals surface area contributed by atoms with Crippen molar-refractivity contribution in [3.63, 3.8) is 0 Å². The molecule has 0 unspecified atom stereocenters. The molecule has 18 heavy (non-hydrogen) atoms. The molecule has 0 bridgehead atoms. The molecule has 0 atom stereocenters. The van der Waals surface area contributed by atoms with Gasteiger partial charge in [-0.25, -0.2) is 0 Å². The molecule has 96 valence electrons. The van der Waals surface area contributed by atoms with E-state index in [2.05, 4.69) is 49.9 Å². The lowest BCUT2D eigenvalue weighted by molar-refractivity contribution is 0.730. The minimum Gasteiger partial charge on any atom is -0.255 e. The summed E-state index contributed by atoms with van der Waals surface area (Å²) in [5.74, 6) is 0. The molecular formula is C14H19ClN2Si. The van der Waals surface area contributed by atoms with Gasteiger partial charge in [0.25, 0.3) is 0 Å². The van der Waals surface area contributed by atoms with Gasteiger partial charge in [0.1, 0.15) is 0 Å². The van der Waals surface area contributed by atoms with Crippen molar-refractivity contribution < 1.29 is 0 Å². The molecule has 2 rings (SSSR count). The topological polar surface area (TPSA) is 25.8 Å². The minimum atomic E-state index is -1.61. The number of halogens is 1. The van der Waals surface area contributed by atoms with Crippen LogP contribution in [-0.2, 0) is 0 Å². The van der Waals surface area contributed by atoms with Gasteiger partial charge in [-0.3, -0.25) is 9.97 Å². The van der Waals surface area contributed by atoms with E-state index in [0.29, 0.717) is 5.02 Å². The summed E-state index contributed by atoms with van der Waals surface area (Å²) < 4.78 is 0. The predicted molar refractivity (Wildman–Crippen MR) is 81.4 cm³/mol. The molecule has 0 aromatic carbocycles. The van der Waals surface area contributed by atoms with E-state index >= 15 is 0 Å². The molecule has 0 aliphatic heterocycles. The molecular weight excluding hydrogens is 260 g/mol. The van der Waals surface area contributed by atoms with Crippen molar-refractivity contribution in [3.05, 3.63) is 29.5 Å². The molecule has 0 radical (unpaired) electrons. The molecule has 0 N–H and O–H groups in total. The van der Waals surface area contributed by atoms with Crippen LogP contribution >= 0.6 is 11.6 Å². The van der Waals surface area contributed by atoms with E-state index in [0.717, 1.165) is 11.0 Å². The number of fused-ring (bicyclic) bond motifs is 1. The van der Waals surface area contributed by atoms with Crippen molar-refractivity contribution >= 4 is 35.9 Å². The number of hydrogen-bond donors (Lipinski definition) is 0. The van der Waals surface area contributed by atoms with Crippen molar-refractivity contribution in [1.82, 2.24) is 9.97 Å². The lowest BCUT2D eigenvalue weighted by Gasteiger charge is -2.37. The van der Waals surface area contributed by atoms with Crippen molar-refractivity contribution in [2.75, 3.05) is 0 Å². The van der Waals surface area contributed by atoms with Crippen LogP contribution in [0.2, 0.25) is 23.2 Å². The molecule has 4 heteroatoms. The molecule has 0 aliphatic carbocycles. The maximum absolute atomic E-state index is 5.98. The largest absolute Gasteiger partial charge is 0.255 e. The van der Waals surface area contributed by atoms with Crippen molar-refractivity contribution in [2.24, 2.45) is 0 Å². The van der Waals surface area contributed by atoms with Crippen LogP contribution in [0.5, 0.6) is 0 Å². The van der Waals surface area contributed by atoms with Gasteiger partial charge in [0.2, 0.25) is 0 Å². The Morgan fingerprint density at radius 1 is 1.17 bits per heavy atom. The highest BCUT2D eigenvalue weighted by atomic mass is 35.5. The molecule has 0 aliphatic rings. The first-order chi connectivity index (χ1) is 8.23. The Morgan fingerprint density at radius 3 is 2.44 bits per heavy atom. The summed E-state index contributed by atoms with van der Waals surface area (Å²) in [5.41, 5.74) is 1.90. The molecule has 2 aromatic rings. The monoisotopic (exact) mass is 278 g/mol. The Bertz CT molecular complexity index is 588. The average molecular weight is 279 g/mol. The molecule has 0 saturated carbocycles. The number of rotatable bonds is 1. The zero-order valence-corrected chi connectivity index (χ0v) is 13.3. The second kappa shape index (κ2) is 4.32. The molecule has 0 amide bonds. The fraction of sp³-hybridized carbons (Fsp3) is 0.429. The minimum absolute atomic E-state index is 0.280. The number of hydrogen-bond acceptors (Lipinski definition) is 2. The molecule has 2 nitrogen and oxygen atoms in total. The number of nitrogens with zero attached hydrogens (tertiary/aromatic N) is 2. The Morgan fingerprint density at radius 2 is 1.83 bits per heavy atom. The molecule has 0 spiro atoms. The Labute approximate surface area is 114 Å². The summed E-state index contributed by atoms with van der Waals surface area (Å²) in [6.07, 6.45) is 3.58. The van der Waals surface area contributed by atoms with Crippen molar-refractivity contribution in [1.29, 1.82) is 0 Å². The van der Waals surface area contributed by atoms with Crippen LogP contribution in [0.1, 0.15) is 20.8 Å². The van der Waals surface area contributed by atoms with Crippen molar-refractivity contribution in [3.8, 4) is 0 Å². The molecule has 0 fully saturated rings. The third-order valence-corrected chi connectivity index (χ3v) is 9.80. The normalized spacial score (nSPS) is 13.0. The zero-order valence-electron chi connectivity index (χ0n) is 11.6. The van der Waals surface area contributed by atoms with E-state index in [1.54, 1.807) is 6.20 Å². The van der Waals surface area contributed by atoms with Crippen LogP contribution in [0.4, 0.5) is 0 Å². The summed E-state index contributed by atoms with van der Waals surface area (Å²) in [6.45, 7) is 11.7. The second-order valence-electron chi connectivity index (χ2n) is 6.25. The maximum Gasteiger partial charge on any atom is 0.0900 e. The van der Waals surface area contributed by atoms with Crippen LogP contribution in [0, 0.1) is 0 Å². The second-order valence-corrected chi connectivity index (χ2v) is 12.0. The SMILES string of the molecule is CC(C)(C)[Si](C)(C)c1ccnc2cc(Cl)cnc12. The van der Waals surface area contributed by atoms with E-state index in [1.807, 2.05) is 12.3 Å². The highest BCUT2D eigenvalue weighted by Crippen LogP contribution is 2.36. The van der Waals surface area contributed by atoms with E-state index in [4.69, 9.17) is 11.6 Å². The lowest BCUT2D eigenvalue weighted by Crippen LogP contribution is -2.50. The first kappa shape index (κ1) is 13.5. The molecule has 2 heterocycles. The zero-order chi connectivity index (χ0) is 13.6. The fourth-order valence-corrected chi connectivity index (χ4v) is 4.15. The molecule has 2 aromatic heterocycles. The highest BCUT2D eigenvalue weighted by molar-refractivity contribution is 6.93. The van der Waals surface area contributed by atoms with Gasteiger partial charge in [-0.15, -0.1) is 0 Å². The van der Waals surface area contributed by atoms with E-state index in [9.17, 15) is 0 Å². The van der Waals surface area contributed by atoms with Gasteiger partial charge in [-0.05, 0) is 22.4 Å². The van der Waals surface area contributed by atoms with Gasteiger partial charge < -0.3 is 0 Å².